The molecule has 0 bridgehead atoms. The van der Waals surface area contributed by atoms with Gasteiger partial charge < -0.3 is 5.11 Å². The van der Waals surface area contributed by atoms with Gasteiger partial charge in [-0.2, -0.15) is 0 Å². The number of hydrogen-bond donors (Lipinski definition) is 1. The second-order valence-electron chi connectivity index (χ2n) is 3.18. The van der Waals surface area contributed by atoms with Crippen LogP contribution in [0, 0.1) is 0 Å². The van der Waals surface area contributed by atoms with Gasteiger partial charge in [0.2, 0.25) is 0 Å². The molecule has 0 unspecified atom stereocenters. The van der Waals surface area contributed by atoms with E-state index in [-0.39, 0.29) is 11.3 Å². The van der Waals surface area contributed by atoms with E-state index in [4.69, 9.17) is 5.11 Å². The van der Waals surface area contributed by atoms with Gasteiger partial charge in [-0.25, -0.2) is 9.78 Å². The second kappa shape index (κ2) is 4.02. The Bertz CT molecular complexity index is 595. The molecule has 1 heterocycles. The minimum Gasteiger partial charge on any atom is -0.478 e. The molecule has 0 fully saturated rings. The zero-order valence-electron chi connectivity index (χ0n) is 7.98. The molecule has 0 spiro atoms. The highest BCUT2D eigenvalue weighted by Gasteiger charge is 2.11. The number of fused-ring (bicyclic) bond motifs is 1. The van der Waals surface area contributed by atoms with Crippen LogP contribution < -0.4 is 0 Å². The summed E-state index contributed by atoms with van der Waals surface area (Å²) in [6.07, 6.45) is 0.536. The molecule has 80 valence electrons. The summed E-state index contributed by atoms with van der Waals surface area (Å²) in [4.78, 5) is 25.7. The predicted octanol–water partition coefficient (Wildman–Crippen LogP) is 2.51. The number of aromatic carboxylic acids is 1. The lowest BCUT2D eigenvalue weighted by atomic mass is 10.1. The molecule has 1 N–H and O–H groups in total. The van der Waals surface area contributed by atoms with E-state index in [2.05, 4.69) is 20.9 Å². The van der Waals surface area contributed by atoms with Crippen LogP contribution in [0.2, 0.25) is 0 Å². The zero-order chi connectivity index (χ0) is 11.7. The van der Waals surface area contributed by atoms with Crippen molar-refractivity contribution in [1.82, 2.24) is 4.98 Å². The van der Waals surface area contributed by atoms with Crippen molar-refractivity contribution in [3.8, 4) is 0 Å². The van der Waals surface area contributed by atoms with Gasteiger partial charge in [0.25, 0.3) is 0 Å². The van der Waals surface area contributed by atoms with E-state index in [0.29, 0.717) is 17.2 Å². The summed E-state index contributed by atoms with van der Waals surface area (Å²) in [5, 5.41) is 9.54. The van der Waals surface area contributed by atoms with Gasteiger partial charge in [-0.15, -0.1) is 0 Å². The molecule has 0 aliphatic rings. The largest absolute Gasteiger partial charge is 0.478 e. The summed E-state index contributed by atoms with van der Waals surface area (Å²) >= 11 is 3.26. The van der Waals surface area contributed by atoms with Crippen molar-refractivity contribution in [1.29, 1.82) is 0 Å². The minimum absolute atomic E-state index is 0.0772. The number of carbonyl (C=O) groups is 2. The molecule has 0 aliphatic carbocycles. The van der Waals surface area contributed by atoms with E-state index in [1.165, 1.54) is 6.07 Å². The van der Waals surface area contributed by atoms with Crippen molar-refractivity contribution in [2.45, 2.75) is 0 Å². The van der Waals surface area contributed by atoms with Gasteiger partial charge in [-0.1, -0.05) is 15.9 Å². The van der Waals surface area contributed by atoms with E-state index in [1.807, 2.05) is 0 Å². The van der Waals surface area contributed by atoms with Crippen LogP contribution in [0.3, 0.4) is 0 Å². The first-order valence-corrected chi connectivity index (χ1v) is 5.20. The highest BCUT2D eigenvalue weighted by Crippen LogP contribution is 2.22. The van der Waals surface area contributed by atoms with Gasteiger partial charge in [0.15, 0.2) is 6.29 Å². The van der Waals surface area contributed by atoms with Crippen LogP contribution >= 0.6 is 15.9 Å². The fraction of sp³-hybridized carbons (Fsp3) is 0. The van der Waals surface area contributed by atoms with Crippen molar-refractivity contribution in [2.24, 2.45) is 0 Å². The molecule has 0 saturated carbocycles. The Morgan fingerprint density at radius 2 is 2.12 bits per heavy atom. The Balaban J connectivity index is 2.87. The van der Waals surface area contributed by atoms with Gasteiger partial charge in [0.05, 0.1) is 11.1 Å². The lowest BCUT2D eigenvalue weighted by Crippen LogP contribution is -2.01. The van der Waals surface area contributed by atoms with Crippen LogP contribution in [0.4, 0.5) is 0 Å². The predicted molar refractivity (Wildman–Crippen MR) is 61.8 cm³/mol. The summed E-state index contributed by atoms with van der Waals surface area (Å²) < 4.78 is 0.767. The molecule has 1 aromatic heterocycles. The van der Waals surface area contributed by atoms with E-state index >= 15 is 0 Å². The maximum absolute atomic E-state index is 11.0. The molecule has 2 rings (SSSR count). The first-order chi connectivity index (χ1) is 7.61. The monoisotopic (exact) mass is 279 g/mol. The van der Waals surface area contributed by atoms with E-state index in [9.17, 15) is 9.59 Å². The minimum atomic E-state index is -1.08. The average molecular weight is 280 g/mol. The van der Waals surface area contributed by atoms with Gasteiger partial charge in [0, 0.05) is 9.86 Å². The lowest BCUT2D eigenvalue weighted by Gasteiger charge is -2.03. The van der Waals surface area contributed by atoms with Crippen molar-refractivity contribution < 1.29 is 14.7 Å². The number of halogens is 1. The van der Waals surface area contributed by atoms with Gasteiger partial charge in [-0.3, -0.25) is 4.79 Å². The quantitative estimate of drug-likeness (QED) is 0.858. The maximum atomic E-state index is 11.0. The van der Waals surface area contributed by atoms with Gasteiger partial charge in [0.1, 0.15) is 5.69 Å². The van der Waals surface area contributed by atoms with Crippen LogP contribution in [-0.2, 0) is 0 Å². The average Bonchev–Trinajstić information content (AvgIpc) is 2.27. The smallest absolute Gasteiger partial charge is 0.336 e. The molecule has 0 aliphatic heterocycles. The lowest BCUT2D eigenvalue weighted by molar-refractivity contribution is 0.0699. The van der Waals surface area contributed by atoms with Crippen LogP contribution in [0.15, 0.2) is 28.7 Å². The fourth-order valence-corrected chi connectivity index (χ4v) is 1.82. The highest BCUT2D eigenvalue weighted by atomic mass is 79.9. The number of hydrogen-bond acceptors (Lipinski definition) is 3. The van der Waals surface area contributed by atoms with Crippen molar-refractivity contribution in [3.63, 3.8) is 0 Å². The van der Waals surface area contributed by atoms with Gasteiger partial charge in [-0.05, 0) is 24.3 Å². The first kappa shape index (κ1) is 10.8. The molecular formula is C11H6BrNO3. The number of aldehydes is 1. The summed E-state index contributed by atoms with van der Waals surface area (Å²) in [6, 6.07) is 6.35. The Labute approximate surface area is 99.0 Å². The summed E-state index contributed by atoms with van der Waals surface area (Å²) in [5.74, 6) is -1.08. The summed E-state index contributed by atoms with van der Waals surface area (Å²) in [5.41, 5.74) is 0.686. The molecule has 1 aromatic carbocycles. The number of aromatic nitrogens is 1. The van der Waals surface area contributed by atoms with E-state index in [1.54, 1.807) is 18.2 Å². The Morgan fingerprint density at radius 3 is 2.75 bits per heavy atom. The molecule has 0 radical (unpaired) electrons. The highest BCUT2D eigenvalue weighted by molar-refractivity contribution is 9.10. The standard InChI is InChI=1S/C11H6BrNO3/c12-6-1-2-10-8(3-6)9(11(15)16)4-7(5-14)13-10/h1-5H,(H,15,16). The number of pyridine rings is 1. The van der Waals surface area contributed by atoms with E-state index in [0.717, 1.165) is 4.47 Å². The number of carbonyl (C=O) groups excluding carboxylic acids is 1. The second-order valence-corrected chi connectivity index (χ2v) is 4.09. The number of benzene rings is 1. The molecule has 4 nitrogen and oxygen atoms in total. The van der Waals surface area contributed by atoms with Crippen molar-refractivity contribution in [2.75, 3.05) is 0 Å². The fourth-order valence-electron chi connectivity index (χ4n) is 1.46. The maximum Gasteiger partial charge on any atom is 0.336 e. The number of carboxylic acids is 1. The molecule has 5 heteroatoms. The summed E-state index contributed by atoms with van der Waals surface area (Å²) in [7, 11) is 0. The zero-order valence-corrected chi connectivity index (χ0v) is 9.56. The third kappa shape index (κ3) is 1.81. The third-order valence-corrected chi connectivity index (χ3v) is 2.63. The van der Waals surface area contributed by atoms with E-state index < -0.39 is 5.97 Å². The molecule has 0 saturated heterocycles. The van der Waals surface area contributed by atoms with Crippen LogP contribution in [0.1, 0.15) is 20.8 Å². The SMILES string of the molecule is O=Cc1cc(C(=O)O)c2cc(Br)ccc2n1. The number of carboxylic acid groups (broad SMARTS) is 1. The third-order valence-electron chi connectivity index (χ3n) is 2.14. The Kier molecular flexibility index (Phi) is 2.70. The van der Waals surface area contributed by atoms with Gasteiger partial charge >= 0.3 is 5.97 Å². The van der Waals surface area contributed by atoms with Crippen LogP contribution in [-0.4, -0.2) is 22.3 Å². The Morgan fingerprint density at radius 1 is 1.38 bits per heavy atom. The summed E-state index contributed by atoms with van der Waals surface area (Å²) in [6.45, 7) is 0. The Hall–Kier alpha value is -1.75. The van der Waals surface area contributed by atoms with Crippen LogP contribution in [0.5, 0.6) is 0 Å². The normalized spacial score (nSPS) is 10.3. The number of nitrogens with zero attached hydrogens (tertiary/aromatic N) is 1. The topological polar surface area (TPSA) is 67.3 Å². The molecule has 16 heavy (non-hydrogen) atoms. The molecule has 0 amide bonds. The van der Waals surface area contributed by atoms with Crippen LogP contribution in [0.25, 0.3) is 10.9 Å². The first-order valence-electron chi connectivity index (χ1n) is 4.40. The number of rotatable bonds is 2. The van der Waals surface area contributed by atoms with Crippen molar-refractivity contribution in [3.05, 3.63) is 40.0 Å². The molecule has 2 aromatic rings. The molecular weight excluding hydrogens is 274 g/mol. The molecule has 0 atom stereocenters. The van der Waals surface area contributed by atoms with Crippen molar-refractivity contribution >= 4 is 39.1 Å².